The van der Waals surface area contributed by atoms with Crippen LogP contribution in [0.2, 0.25) is 0 Å². The number of hydrogen-bond donors (Lipinski definition) is 1. The maximum absolute atomic E-state index is 4.66. The van der Waals surface area contributed by atoms with Gasteiger partial charge in [0.1, 0.15) is 0 Å². The Hall–Kier alpha value is -1.45. The minimum absolute atomic E-state index is 0.895. The van der Waals surface area contributed by atoms with Crippen molar-refractivity contribution in [2.45, 2.75) is 6.54 Å². The smallest absolute Gasteiger partial charge is 0.0705 e. The van der Waals surface area contributed by atoms with Gasteiger partial charge in [-0.25, -0.2) is 0 Å². The highest BCUT2D eigenvalue weighted by molar-refractivity contribution is 5.78. The van der Waals surface area contributed by atoms with Gasteiger partial charge in [-0.15, -0.1) is 0 Å². The van der Waals surface area contributed by atoms with Gasteiger partial charge in [0, 0.05) is 25.0 Å². The molecule has 0 unspecified atom stereocenters. The molecule has 1 N–H and O–H groups in total. The molecule has 0 saturated carbocycles. The first-order valence-corrected chi connectivity index (χ1v) is 5.97. The Bertz CT molecular complexity index is 482. The predicted octanol–water partition coefficient (Wildman–Crippen LogP) is 1.89. The molecule has 1 aromatic carbocycles. The summed E-state index contributed by atoms with van der Waals surface area (Å²) in [6.07, 6.45) is 0. The first-order chi connectivity index (χ1) is 8.29. The first-order valence-electron chi connectivity index (χ1n) is 5.97. The second-order valence-corrected chi connectivity index (χ2v) is 4.34. The number of nitrogens with one attached hydrogen (secondary N) is 1. The molecule has 2 aromatic rings. The van der Waals surface area contributed by atoms with E-state index in [0.717, 1.165) is 30.8 Å². The zero-order valence-corrected chi connectivity index (χ0v) is 10.5. The summed E-state index contributed by atoms with van der Waals surface area (Å²) in [5.41, 5.74) is 2.20. The fraction of sp³-hybridized carbons (Fsp3) is 0.357. The topological polar surface area (TPSA) is 28.2 Å². The third-order valence-corrected chi connectivity index (χ3v) is 2.83. The fourth-order valence-corrected chi connectivity index (χ4v) is 1.85. The number of pyridine rings is 1. The molecule has 3 heteroatoms. The lowest BCUT2D eigenvalue weighted by Crippen LogP contribution is -2.27. The van der Waals surface area contributed by atoms with Crippen LogP contribution in [0.1, 0.15) is 5.69 Å². The molecule has 90 valence electrons. The quantitative estimate of drug-likeness (QED) is 0.848. The summed E-state index contributed by atoms with van der Waals surface area (Å²) >= 11 is 0. The number of aromatic nitrogens is 1. The van der Waals surface area contributed by atoms with E-state index in [-0.39, 0.29) is 0 Å². The zero-order valence-electron chi connectivity index (χ0n) is 10.5. The van der Waals surface area contributed by atoms with E-state index < -0.39 is 0 Å². The molecule has 0 atom stereocenters. The Balaban J connectivity index is 2.08. The molecule has 0 aliphatic rings. The van der Waals surface area contributed by atoms with Crippen LogP contribution in [0.5, 0.6) is 0 Å². The number of hydrogen-bond acceptors (Lipinski definition) is 3. The molecule has 0 aliphatic heterocycles. The molecule has 0 radical (unpaired) electrons. The number of nitrogens with zero attached hydrogens (tertiary/aromatic N) is 2. The van der Waals surface area contributed by atoms with E-state index in [0.29, 0.717) is 0 Å². The van der Waals surface area contributed by atoms with Gasteiger partial charge >= 0.3 is 0 Å². The third-order valence-electron chi connectivity index (χ3n) is 2.83. The fourth-order valence-electron chi connectivity index (χ4n) is 1.85. The summed E-state index contributed by atoms with van der Waals surface area (Å²) in [6.45, 7) is 2.93. The standard InChI is InChI=1S/C14H19N3/c1-15-9-10-17(2)11-13-8-7-12-5-3-4-6-14(12)16-13/h3-8,15H,9-11H2,1-2H3. The molecule has 1 heterocycles. The largest absolute Gasteiger partial charge is 0.318 e. The minimum Gasteiger partial charge on any atom is -0.318 e. The Morgan fingerprint density at radius 2 is 2.00 bits per heavy atom. The molecule has 1 aromatic heterocycles. The van der Waals surface area contributed by atoms with Gasteiger partial charge in [-0.3, -0.25) is 9.88 Å². The minimum atomic E-state index is 0.895. The van der Waals surface area contributed by atoms with Crippen LogP contribution in [0, 0.1) is 0 Å². The summed E-state index contributed by atoms with van der Waals surface area (Å²) in [5.74, 6) is 0. The number of fused-ring (bicyclic) bond motifs is 1. The highest BCUT2D eigenvalue weighted by atomic mass is 15.1. The number of likely N-dealkylation sites (N-methyl/N-ethyl adjacent to an activating group) is 2. The van der Waals surface area contributed by atoms with Crippen LogP contribution in [0.4, 0.5) is 0 Å². The molecule has 0 aliphatic carbocycles. The molecule has 3 nitrogen and oxygen atoms in total. The van der Waals surface area contributed by atoms with Gasteiger partial charge < -0.3 is 5.32 Å². The summed E-state index contributed by atoms with van der Waals surface area (Å²) in [5, 5.41) is 4.35. The van der Waals surface area contributed by atoms with E-state index in [1.807, 2.05) is 19.2 Å². The van der Waals surface area contributed by atoms with Crippen molar-refractivity contribution in [3.8, 4) is 0 Å². The SMILES string of the molecule is CNCCN(C)Cc1ccc2ccccc2n1. The van der Waals surface area contributed by atoms with Crippen LogP contribution < -0.4 is 5.32 Å². The highest BCUT2D eigenvalue weighted by Gasteiger charge is 2.02. The van der Waals surface area contributed by atoms with Crippen molar-refractivity contribution in [1.29, 1.82) is 0 Å². The van der Waals surface area contributed by atoms with Crippen molar-refractivity contribution >= 4 is 10.9 Å². The molecule has 0 bridgehead atoms. The van der Waals surface area contributed by atoms with E-state index in [2.05, 4.69) is 46.5 Å². The van der Waals surface area contributed by atoms with Gasteiger partial charge in [0.05, 0.1) is 11.2 Å². The van der Waals surface area contributed by atoms with Crippen molar-refractivity contribution in [2.75, 3.05) is 27.2 Å². The lowest BCUT2D eigenvalue weighted by Gasteiger charge is -2.15. The lowest BCUT2D eigenvalue weighted by atomic mass is 10.2. The molecule has 0 saturated heterocycles. The van der Waals surface area contributed by atoms with Crippen molar-refractivity contribution in [3.05, 3.63) is 42.1 Å². The monoisotopic (exact) mass is 229 g/mol. The van der Waals surface area contributed by atoms with E-state index in [1.165, 1.54) is 5.39 Å². The van der Waals surface area contributed by atoms with Crippen LogP contribution in [0.25, 0.3) is 10.9 Å². The molecule has 2 rings (SSSR count). The second kappa shape index (κ2) is 5.75. The van der Waals surface area contributed by atoms with Crippen LogP contribution in [0.15, 0.2) is 36.4 Å². The maximum atomic E-state index is 4.66. The Labute approximate surface area is 102 Å². The Morgan fingerprint density at radius 1 is 1.18 bits per heavy atom. The van der Waals surface area contributed by atoms with E-state index >= 15 is 0 Å². The van der Waals surface area contributed by atoms with Gasteiger partial charge in [0.2, 0.25) is 0 Å². The molecule has 0 amide bonds. The predicted molar refractivity (Wildman–Crippen MR) is 72.0 cm³/mol. The third kappa shape index (κ3) is 3.25. The van der Waals surface area contributed by atoms with Crippen molar-refractivity contribution in [3.63, 3.8) is 0 Å². The summed E-state index contributed by atoms with van der Waals surface area (Å²) in [7, 11) is 4.09. The van der Waals surface area contributed by atoms with Crippen LogP contribution in [-0.4, -0.2) is 37.1 Å². The van der Waals surface area contributed by atoms with Gasteiger partial charge in [-0.1, -0.05) is 24.3 Å². The van der Waals surface area contributed by atoms with E-state index in [4.69, 9.17) is 0 Å². The van der Waals surface area contributed by atoms with Crippen molar-refractivity contribution in [1.82, 2.24) is 15.2 Å². The number of rotatable bonds is 5. The summed E-state index contributed by atoms with van der Waals surface area (Å²) < 4.78 is 0. The Kier molecular flexibility index (Phi) is 4.07. The highest BCUT2D eigenvalue weighted by Crippen LogP contribution is 2.12. The summed E-state index contributed by atoms with van der Waals surface area (Å²) in [4.78, 5) is 6.93. The normalized spacial score (nSPS) is 11.2. The zero-order chi connectivity index (χ0) is 12.1. The van der Waals surface area contributed by atoms with Gasteiger partial charge in [-0.05, 0) is 26.2 Å². The van der Waals surface area contributed by atoms with Crippen LogP contribution in [-0.2, 0) is 6.54 Å². The van der Waals surface area contributed by atoms with E-state index in [9.17, 15) is 0 Å². The average Bonchev–Trinajstić information content (AvgIpc) is 2.36. The molecule has 0 spiro atoms. The van der Waals surface area contributed by atoms with Crippen molar-refractivity contribution in [2.24, 2.45) is 0 Å². The molecular formula is C14H19N3. The number of benzene rings is 1. The van der Waals surface area contributed by atoms with E-state index in [1.54, 1.807) is 0 Å². The average molecular weight is 229 g/mol. The first kappa shape index (κ1) is 12.0. The lowest BCUT2D eigenvalue weighted by molar-refractivity contribution is 0.324. The molecule has 17 heavy (non-hydrogen) atoms. The summed E-state index contributed by atoms with van der Waals surface area (Å²) in [6, 6.07) is 12.5. The number of para-hydroxylation sites is 1. The van der Waals surface area contributed by atoms with Crippen molar-refractivity contribution < 1.29 is 0 Å². The van der Waals surface area contributed by atoms with Gasteiger partial charge in [-0.2, -0.15) is 0 Å². The Morgan fingerprint density at radius 3 is 2.82 bits per heavy atom. The van der Waals surface area contributed by atoms with Crippen LogP contribution in [0.3, 0.4) is 0 Å². The second-order valence-electron chi connectivity index (χ2n) is 4.34. The van der Waals surface area contributed by atoms with Gasteiger partial charge in [0.25, 0.3) is 0 Å². The molecular weight excluding hydrogens is 210 g/mol. The van der Waals surface area contributed by atoms with Gasteiger partial charge in [0.15, 0.2) is 0 Å². The van der Waals surface area contributed by atoms with Crippen LogP contribution >= 0.6 is 0 Å². The maximum Gasteiger partial charge on any atom is 0.0705 e. The molecule has 0 fully saturated rings.